The highest BCUT2D eigenvalue weighted by molar-refractivity contribution is 5.94. The molecule has 1 unspecified atom stereocenters. The minimum absolute atomic E-state index is 0.0513. The van der Waals surface area contributed by atoms with Crippen LogP contribution in [0.5, 0.6) is 0 Å². The fourth-order valence-electron chi connectivity index (χ4n) is 3.52. The Morgan fingerprint density at radius 3 is 3.00 bits per heavy atom. The molecule has 2 aromatic rings. The van der Waals surface area contributed by atoms with Crippen LogP contribution < -0.4 is 4.90 Å². The van der Waals surface area contributed by atoms with Gasteiger partial charge in [-0.15, -0.1) is 0 Å². The van der Waals surface area contributed by atoms with Crippen molar-refractivity contribution in [2.75, 3.05) is 44.4 Å². The lowest BCUT2D eigenvalue weighted by Crippen LogP contribution is -2.60. The molecule has 2 aromatic heterocycles. The summed E-state index contributed by atoms with van der Waals surface area (Å²) in [6.07, 6.45) is 5.36. The zero-order valence-electron chi connectivity index (χ0n) is 14.9. The van der Waals surface area contributed by atoms with E-state index in [9.17, 15) is 4.79 Å². The summed E-state index contributed by atoms with van der Waals surface area (Å²) in [6, 6.07) is 5.93. The van der Waals surface area contributed by atoms with Crippen LogP contribution in [0.15, 0.2) is 36.8 Å². The molecule has 4 rings (SSSR count). The van der Waals surface area contributed by atoms with Gasteiger partial charge in [-0.05, 0) is 12.1 Å². The molecule has 1 amide bonds. The van der Waals surface area contributed by atoms with Crippen molar-refractivity contribution >= 4 is 11.6 Å². The summed E-state index contributed by atoms with van der Waals surface area (Å²) < 4.78 is 13.6. The number of morpholine rings is 1. The van der Waals surface area contributed by atoms with E-state index in [1.54, 1.807) is 22.0 Å². The summed E-state index contributed by atoms with van der Waals surface area (Å²) in [4.78, 5) is 20.8. The van der Waals surface area contributed by atoms with Crippen molar-refractivity contribution in [1.29, 1.82) is 0 Å². The van der Waals surface area contributed by atoms with Gasteiger partial charge in [-0.2, -0.15) is 5.10 Å². The van der Waals surface area contributed by atoms with Gasteiger partial charge in [0.2, 0.25) is 0 Å². The number of carbonyl (C=O) groups is 1. The Balaban J connectivity index is 1.52. The highest BCUT2D eigenvalue weighted by atomic mass is 16.6. The van der Waals surface area contributed by atoms with Crippen LogP contribution >= 0.6 is 0 Å². The predicted molar refractivity (Wildman–Crippen MR) is 94.6 cm³/mol. The van der Waals surface area contributed by atoms with Gasteiger partial charge < -0.3 is 14.4 Å². The maximum atomic E-state index is 12.4. The van der Waals surface area contributed by atoms with E-state index >= 15 is 0 Å². The van der Waals surface area contributed by atoms with Gasteiger partial charge in [0.15, 0.2) is 0 Å². The van der Waals surface area contributed by atoms with Gasteiger partial charge >= 0.3 is 0 Å². The normalized spacial score (nSPS) is 24.8. The summed E-state index contributed by atoms with van der Waals surface area (Å²) in [5.74, 6) is -0.0517. The lowest BCUT2D eigenvalue weighted by molar-refractivity contribution is -0.146. The zero-order chi connectivity index (χ0) is 18.0. The Bertz CT molecular complexity index is 765. The third-order valence-electron chi connectivity index (χ3n) is 4.79. The number of hydrogen-bond acceptors (Lipinski definition) is 6. The minimum atomic E-state index is -0.547. The molecule has 8 heteroatoms. The first-order valence-corrected chi connectivity index (χ1v) is 8.77. The van der Waals surface area contributed by atoms with Crippen LogP contribution in [0.25, 0.3) is 0 Å². The molecule has 138 valence electrons. The SMILES string of the molecule is Cn1cc(N2CC3(COCCN(Cc4ccccn4)C3)OCC2=O)cn1. The largest absolute Gasteiger partial charge is 0.377 e. The van der Waals surface area contributed by atoms with E-state index < -0.39 is 5.60 Å². The lowest BCUT2D eigenvalue weighted by atomic mass is 10.0. The second-order valence-electron chi connectivity index (χ2n) is 6.91. The van der Waals surface area contributed by atoms with Crippen LogP contribution in [0.3, 0.4) is 0 Å². The van der Waals surface area contributed by atoms with Crippen LogP contribution in [-0.4, -0.2) is 70.6 Å². The number of hydrogen-bond donors (Lipinski definition) is 0. The number of aromatic nitrogens is 3. The Kier molecular flexibility index (Phi) is 4.71. The third kappa shape index (κ3) is 3.62. The number of pyridine rings is 1. The monoisotopic (exact) mass is 357 g/mol. The molecule has 0 aliphatic carbocycles. The molecular weight excluding hydrogens is 334 g/mol. The van der Waals surface area contributed by atoms with Crippen LogP contribution in [0, 0.1) is 0 Å². The average molecular weight is 357 g/mol. The standard InChI is InChI=1S/C18H23N5O3/c1-21-10-16(8-20-21)23-13-18(26-11-17(23)24)12-22(6-7-25-14-18)9-15-4-2-3-5-19-15/h2-5,8,10H,6-7,9,11-14H2,1H3. The van der Waals surface area contributed by atoms with Gasteiger partial charge in [-0.1, -0.05) is 6.07 Å². The molecule has 1 spiro atoms. The zero-order valence-corrected chi connectivity index (χ0v) is 14.9. The number of rotatable bonds is 3. The first-order chi connectivity index (χ1) is 12.6. The Hall–Kier alpha value is -2.29. The van der Waals surface area contributed by atoms with E-state index in [0.29, 0.717) is 26.3 Å². The summed E-state index contributed by atoms with van der Waals surface area (Å²) in [7, 11) is 1.84. The highest BCUT2D eigenvalue weighted by Gasteiger charge is 2.43. The van der Waals surface area contributed by atoms with Crippen molar-refractivity contribution in [2.24, 2.45) is 7.05 Å². The van der Waals surface area contributed by atoms with E-state index in [1.807, 2.05) is 31.4 Å². The van der Waals surface area contributed by atoms with Crippen molar-refractivity contribution in [3.63, 3.8) is 0 Å². The molecule has 26 heavy (non-hydrogen) atoms. The topological polar surface area (TPSA) is 72.7 Å². The van der Waals surface area contributed by atoms with E-state index in [1.165, 1.54) is 0 Å². The molecule has 0 N–H and O–H groups in total. The number of nitrogens with zero attached hydrogens (tertiary/aromatic N) is 5. The maximum Gasteiger partial charge on any atom is 0.253 e. The smallest absolute Gasteiger partial charge is 0.253 e. The van der Waals surface area contributed by atoms with E-state index in [-0.39, 0.29) is 12.5 Å². The second kappa shape index (κ2) is 7.14. The van der Waals surface area contributed by atoms with Crippen molar-refractivity contribution < 1.29 is 14.3 Å². The van der Waals surface area contributed by atoms with Gasteiger partial charge in [-0.25, -0.2) is 0 Å². The number of amides is 1. The first kappa shape index (κ1) is 17.1. The molecule has 0 bridgehead atoms. The molecular formula is C18H23N5O3. The van der Waals surface area contributed by atoms with Crippen molar-refractivity contribution in [3.8, 4) is 0 Å². The van der Waals surface area contributed by atoms with Crippen LogP contribution in [0.2, 0.25) is 0 Å². The van der Waals surface area contributed by atoms with Gasteiger partial charge in [0.05, 0.1) is 37.3 Å². The van der Waals surface area contributed by atoms with E-state index in [4.69, 9.17) is 9.47 Å². The molecule has 2 saturated heterocycles. The van der Waals surface area contributed by atoms with Crippen molar-refractivity contribution in [2.45, 2.75) is 12.1 Å². The summed E-state index contributed by atoms with van der Waals surface area (Å²) >= 11 is 0. The second-order valence-corrected chi connectivity index (χ2v) is 6.91. The minimum Gasteiger partial charge on any atom is -0.377 e. The van der Waals surface area contributed by atoms with Gasteiger partial charge in [-0.3, -0.25) is 19.4 Å². The van der Waals surface area contributed by atoms with Gasteiger partial charge in [0.25, 0.3) is 5.91 Å². The molecule has 0 radical (unpaired) electrons. The lowest BCUT2D eigenvalue weighted by Gasteiger charge is -2.42. The molecule has 2 aliphatic rings. The summed E-state index contributed by atoms with van der Waals surface area (Å²) in [6.45, 7) is 3.84. The Labute approximate surface area is 152 Å². The molecule has 2 fully saturated rings. The van der Waals surface area contributed by atoms with Crippen LogP contribution in [-0.2, 0) is 27.9 Å². The quantitative estimate of drug-likeness (QED) is 0.794. The average Bonchev–Trinajstić information content (AvgIpc) is 2.98. The van der Waals surface area contributed by atoms with Crippen LogP contribution in [0.4, 0.5) is 5.69 Å². The Morgan fingerprint density at radius 1 is 1.31 bits per heavy atom. The first-order valence-electron chi connectivity index (χ1n) is 8.77. The Morgan fingerprint density at radius 2 is 2.23 bits per heavy atom. The van der Waals surface area contributed by atoms with Crippen molar-refractivity contribution in [3.05, 3.63) is 42.5 Å². The molecule has 2 aliphatic heterocycles. The maximum absolute atomic E-state index is 12.4. The summed E-state index contributed by atoms with van der Waals surface area (Å²) in [5.41, 5.74) is 1.26. The summed E-state index contributed by atoms with van der Waals surface area (Å²) in [5, 5.41) is 4.18. The van der Waals surface area contributed by atoms with E-state index in [0.717, 1.165) is 24.5 Å². The molecule has 8 nitrogen and oxygen atoms in total. The molecule has 0 aromatic carbocycles. The third-order valence-corrected chi connectivity index (χ3v) is 4.79. The predicted octanol–water partition coefficient (Wildman–Crippen LogP) is 0.449. The van der Waals surface area contributed by atoms with Gasteiger partial charge in [0.1, 0.15) is 12.2 Å². The van der Waals surface area contributed by atoms with Crippen LogP contribution in [0.1, 0.15) is 5.69 Å². The van der Waals surface area contributed by atoms with Gasteiger partial charge in [0, 0.05) is 39.1 Å². The molecule has 4 heterocycles. The number of ether oxygens (including phenoxy) is 2. The fraction of sp³-hybridized carbons (Fsp3) is 0.500. The molecule has 0 saturated carbocycles. The number of anilines is 1. The fourth-order valence-corrected chi connectivity index (χ4v) is 3.52. The van der Waals surface area contributed by atoms with E-state index in [2.05, 4.69) is 15.0 Å². The number of carbonyl (C=O) groups excluding carboxylic acids is 1. The molecule has 1 atom stereocenters. The van der Waals surface area contributed by atoms with Crippen molar-refractivity contribution in [1.82, 2.24) is 19.7 Å². The number of aryl methyl sites for hydroxylation is 1. The highest BCUT2D eigenvalue weighted by Crippen LogP contribution is 2.27.